The van der Waals surface area contributed by atoms with E-state index in [9.17, 15) is 0 Å². The van der Waals surface area contributed by atoms with Gasteiger partial charge in [0.15, 0.2) is 0 Å². The van der Waals surface area contributed by atoms with Gasteiger partial charge in [0, 0.05) is 0 Å². The van der Waals surface area contributed by atoms with Gasteiger partial charge in [0.05, 0.1) is 0 Å². The summed E-state index contributed by atoms with van der Waals surface area (Å²) in [7, 11) is 0. The minimum Gasteiger partial charge on any atom is -0.0776 e. The zero-order valence-electron chi connectivity index (χ0n) is 24.8. The fourth-order valence-corrected chi connectivity index (χ4v) is 2.29. The molecule has 0 saturated heterocycles. The number of hydrogen-bond donors (Lipinski definition) is 0. The standard InChI is InChI=1S/C9H20.2C6H14.C5H12.C4H10.4CH4/c1-5-9(6-2,7-3)8-4;1-4-6(3)5-2;1-3-5-6-4-2;1-4-5(2)3;1-3-4-2;;;;/h5-8H2,1-4H3;6H,4-5H2,1-3H3;3-6H2,1-2H3;5H,4H2,1-3H3;3-4H2,1-2H3;4*1H4. The van der Waals surface area contributed by atoms with Crippen molar-refractivity contribution < 1.29 is 0 Å². The van der Waals surface area contributed by atoms with E-state index in [0.29, 0.717) is 5.41 Å². The lowest BCUT2D eigenvalue weighted by Gasteiger charge is -2.28. The van der Waals surface area contributed by atoms with Gasteiger partial charge in [-0.1, -0.05) is 210 Å². The summed E-state index contributed by atoms with van der Waals surface area (Å²) in [5.41, 5.74) is 0.667. The summed E-state index contributed by atoms with van der Waals surface area (Å²) < 4.78 is 0. The van der Waals surface area contributed by atoms with Crippen LogP contribution in [-0.4, -0.2) is 0 Å². The van der Waals surface area contributed by atoms with Crippen LogP contribution in [0.15, 0.2) is 0 Å². The normalized spacial score (nSPS) is 8.82. The van der Waals surface area contributed by atoms with E-state index < -0.39 is 0 Å². The van der Waals surface area contributed by atoms with Gasteiger partial charge in [-0.3, -0.25) is 0 Å². The monoisotopic (exact) mass is 495 g/mol. The molecule has 34 heavy (non-hydrogen) atoms. The highest BCUT2D eigenvalue weighted by molar-refractivity contribution is 4.72. The van der Waals surface area contributed by atoms with E-state index in [-0.39, 0.29) is 29.7 Å². The summed E-state index contributed by atoms with van der Waals surface area (Å²) in [6.45, 7) is 31.4. The summed E-state index contributed by atoms with van der Waals surface area (Å²) in [5.74, 6) is 1.82. The Bertz CT molecular complexity index is 197. The van der Waals surface area contributed by atoms with Gasteiger partial charge >= 0.3 is 0 Å². The van der Waals surface area contributed by atoms with Gasteiger partial charge in [-0.05, 0) is 17.3 Å². The Hall–Kier alpha value is 0. The number of hydrogen-bond acceptors (Lipinski definition) is 0. The average molecular weight is 495 g/mol. The average Bonchev–Trinajstić information content (AvgIpc) is 2.80. The lowest BCUT2D eigenvalue weighted by atomic mass is 9.78. The molecule has 0 heterocycles. The van der Waals surface area contributed by atoms with Crippen molar-refractivity contribution in [1.29, 1.82) is 0 Å². The maximum atomic E-state index is 2.30. The summed E-state index contributed by atoms with van der Waals surface area (Å²) >= 11 is 0. The Labute approximate surface area is 227 Å². The molecule has 0 nitrogen and oxygen atoms in total. The molecule has 0 radical (unpaired) electrons. The van der Waals surface area contributed by atoms with Crippen LogP contribution in [0.25, 0.3) is 0 Å². The third-order valence-electron chi connectivity index (χ3n) is 6.67. The van der Waals surface area contributed by atoms with Gasteiger partial charge in [0.1, 0.15) is 0 Å². The molecule has 0 spiro atoms. The highest BCUT2D eigenvalue weighted by atomic mass is 14.3. The van der Waals surface area contributed by atoms with E-state index in [4.69, 9.17) is 0 Å². The lowest BCUT2D eigenvalue weighted by Crippen LogP contribution is -2.15. The maximum absolute atomic E-state index is 2.30. The SMILES string of the molecule is C.C.C.C.CCC(C)C.CCC(C)CC.CCC(CC)(CC)CC.CCCC.CCCCCC. The molecule has 0 heteroatoms. The highest BCUT2D eigenvalue weighted by Gasteiger charge is 2.20. The van der Waals surface area contributed by atoms with Gasteiger partial charge in [-0.25, -0.2) is 0 Å². The molecule has 0 aliphatic carbocycles. The molecule has 222 valence electrons. The van der Waals surface area contributed by atoms with Gasteiger partial charge in [-0.2, -0.15) is 0 Å². The first-order valence-electron chi connectivity index (χ1n) is 14.1. The molecule has 0 atom stereocenters. The molecule has 0 bridgehead atoms. The Balaban J connectivity index is -0.0000000327. The Morgan fingerprint density at radius 2 is 0.647 bits per heavy atom. The summed E-state index contributed by atoms with van der Waals surface area (Å²) in [6.07, 6.45) is 17.5. The van der Waals surface area contributed by atoms with E-state index in [1.165, 1.54) is 83.5 Å². The van der Waals surface area contributed by atoms with Crippen LogP contribution in [0.4, 0.5) is 0 Å². The third-order valence-corrected chi connectivity index (χ3v) is 6.67. The molecule has 0 unspecified atom stereocenters. The Morgan fingerprint density at radius 1 is 0.412 bits per heavy atom. The first kappa shape index (κ1) is 59.2. The second kappa shape index (κ2) is 54.1. The summed E-state index contributed by atoms with van der Waals surface area (Å²) in [4.78, 5) is 0. The van der Waals surface area contributed by atoms with Crippen molar-refractivity contribution in [2.45, 2.75) is 210 Å². The molecule has 0 rings (SSSR count). The molecule has 0 aromatic heterocycles. The zero-order valence-corrected chi connectivity index (χ0v) is 24.8. The minimum atomic E-state index is 0. The van der Waals surface area contributed by atoms with Crippen molar-refractivity contribution in [1.82, 2.24) is 0 Å². The van der Waals surface area contributed by atoms with E-state index in [0.717, 1.165) is 11.8 Å². The van der Waals surface area contributed by atoms with Crippen LogP contribution in [0.3, 0.4) is 0 Å². The van der Waals surface area contributed by atoms with Crippen molar-refractivity contribution in [2.24, 2.45) is 17.3 Å². The molecule has 0 aliphatic heterocycles. The summed E-state index contributed by atoms with van der Waals surface area (Å²) in [5, 5.41) is 0. The van der Waals surface area contributed by atoms with Crippen LogP contribution < -0.4 is 0 Å². The van der Waals surface area contributed by atoms with E-state index in [1.54, 1.807) is 0 Å². The van der Waals surface area contributed by atoms with Gasteiger partial charge in [-0.15, -0.1) is 0 Å². The predicted molar refractivity (Wildman–Crippen MR) is 176 cm³/mol. The third kappa shape index (κ3) is 63.5. The van der Waals surface area contributed by atoms with Gasteiger partial charge < -0.3 is 0 Å². The molecule has 0 aromatic carbocycles. The van der Waals surface area contributed by atoms with Crippen molar-refractivity contribution >= 4 is 0 Å². The molecular formula is C34H86. The van der Waals surface area contributed by atoms with Crippen LogP contribution >= 0.6 is 0 Å². The van der Waals surface area contributed by atoms with Crippen LogP contribution in [-0.2, 0) is 0 Å². The molecule has 0 saturated carbocycles. The number of unbranched alkanes of at least 4 members (excludes halogenated alkanes) is 4. The molecule has 0 aromatic rings. The zero-order chi connectivity index (χ0) is 24.8. The molecule has 0 aliphatic rings. The van der Waals surface area contributed by atoms with Crippen LogP contribution in [0.1, 0.15) is 210 Å². The molecule has 0 N–H and O–H groups in total. The Morgan fingerprint density at radius 3 is 0.676 bits per heavy atom. The van der Waals surface area contributed by atoms with Crippen LogP contribution in [0, 0.1) is 17.3 Å². The predicted octanol–water partition coefficient (Wildman–Crippen LogP) is 15.0. The number of rotatable bonds is 11. The van der Waals surface area contributed by atoms with Crippen molar-refractivity contribution in [3.05, 3.63) is 0 Å². The minimum absolute atomic E-state index is 0. The van der Waals surface area contributed by atoms with Crippen molar-refractivity contribution in [3.63, 3.8) is 0 Å². The van der Waals surface area contributed by atoms with Crippen molar-refractivity contribution in [3.8, 4) is 0 Å². The van der Waals surface area contributed by atoms with Gasteiger partial charge in [0.25, 0.3) is 0 Å². The van der Waals surface area contributed by atoms with E-state index in [2.05, 4.69) is 96.9 Å². The first-order valence-corrected chi connectivity index (χ1v) is 14.1. The second-order valence-electron chi connectivity index (χ2n) is 9.35. The van der Waals surface area contributed by atoms with E-state index in [1.807, 2.05) is 0 Å². The van der Waals surface area contributed by atoms with Gasteiger partial charge in [0.2, 0.25) is 0 Å². The Kier molecular flexibility index (Phi) is 94.2. The highest BCUT2D eigenvalue weighted by Crippen LogP contribution is 2.33. The van der Waals surface area contributed by atoms with E-state index >= 15 is 0 Å². The molecule has 0 amide bonds. The smallest absolute Gasteiger partial charge is 0.0308 e. The topological polar surface area (TPSA) is 0 Å². The fourth-order valence-electron chi connectivity index (χ4n) is 2.29. The quantitative estimate of drug-likeness (QED) is 0.250. The fraction of sp³-hybridized carbons (Fsp3) is 1.00. The summed E-state index contributed by atoms with van der Waals surface area (Å²) in [6, 6.07) is 0. The van der Waals surface area contributed by atoms with Crippen molar-refractivity contribution in [2.75, 3.05) is 0 Å². The molecular weight excluding hydrogens is 408 g/mol. The van der Waals surface area contributed by atoms with Crippen LogP contribution in [0.5, 0.6) is 0 Å². The first-order chi connectivity index (χ1) is 14.1. The molecule has 0 fully saturated rings. The largest absolute Gasteiger partial charge is 0.0776 e. The maximum Gasteiger partial charge on any atom is -0.0308 e. The lowest BCUT2D eigenvalue weighted by molar-refractivity contribution is 0.240. The van der Waals surface area contributed by atoms with Crippen LogP contribution in [0.2, 0.25) is 0 Å². The second-order valence-corrected chi connectivity index (χ2v) is 9.35.